The molecule has 55 heavy (non-hydrogen) atoms. The maximum absolute atomic E-state index is 13.2. The Bertz CT molecular complexity index is 2040. The number of ether oxygens (including phenoxy) is 1. The number of allylic oxidation sites excluding steroid dienone is 12. The zero-order chi connectivity index (χ0) is 39.8. The van der Waals surface area contributed by atoms with Gasteiger partial charge in [-0.1, -0.05) is 33.6 Å². The number of halogens is 1. The molecule has 0 spiro atoms. The van der Waals surface area contributed by atoms with Gasteiger partial charge in [-0.15, -0.1) is 0 Å². The number of aliphatic imine (C=N–C) groups is 3. The van der Waals surface area contributed by atoms with Crippen LogP contribution in [-0.4, -0.2) is 52.9 Å². The fourth-order valence-corrected chi connectivity index (χ4v) is 9.26. The Hall–Kier alpha value is -4.25. The standard InChI is InChI=1S/C44H57BrN6O4/c1-10-27-23(3)31-21-34-28(11-2)24(4)39(50-34)38(45)40-25(5)29(16-17-36(53)46-18-14-12-13-15-19-47-43(54)55-44(7,8)9)41(51-40)30-20-35(52)37-26(6)32(49-42(30)37)22-33(27)48-31/h21-22,25,29,51-52H,10-20H2,1-9H3,(H,46,53)(H,47,54)/t25-,29-/m0/s1. The quantitative estimate of drug-likeness (QED) is 0.146. The minimum Gasteiger partial charge on any atom is -0.511 e. The van der Waals surface area contributed by atoms with Crippen LogP contribution in [0.5, 0.6) is 0 Å². The smallest absolute Gasteiger partial charge is 0.407 e. The van der Waals surface area contributed by atoms with Gasteiger partial charge in [0, 0.05) is 60.3 Å². The van der Waals surface area contributed by atoms with Gasteiger partial charge in [-0.25, -0.2) is 19.8 Å². The fraction of sp³-hybridized carbons (Fsp3) is 0.523. The second-order valence-corrected chi connectivity index (χ2v) is 17.1. The number of unbranched alkanes of at least 4 members (excludes halogenated alkanes) is 3. The first kappa shape index (κ1) is 40.4. The maximum atomic E-state index is 13.2. The van der Waals surface area contributed by atoms with Crippen molar-refractivity contribution < 1.29 is 19.4 Å². The van der Waals surface area contributed by atoms with Crippen molar-refractivity contribution >= 4 is 45.1 Å². The van der Waals surface area contributed by atoms with E-state index in [0.717, 1.165) is 116 Å². The van der Waals surface area contributed by atoms with Crippen LogP contribution in [0, 0.1) is 11.8 Å². The molecule has 5 aliphatic heterocycles. The third-order valence-corrected chi connectivity index (χ3v) is 12.2. The Labute approximate surface area is 334 Å². The second-order valence-electron chi connectivity index (χ2n) is 16.3. The molecule has 294 valence electrons. The van der Waals surface area contributed by atoms with Crippen LogP contribution < -0.4 is 16.0 Å². The first-order valence-electron chi connectivity index (χ1n) is 20.0. The highest BCUT2D eigenvalue weighted by atomic mass is 79.9. The molecule has 5 heterocycles. The average molecular weight is 814 g/mol. The number of carbonyl (C=O) groups is 2. The number of amides is 2. The molecule has 6 aliphatic rings. The molecule has 1 fully saturated rings. The van der Waals surface area contributed by atoms with Crippen molar-refractivity contribution in [1.29, 1.82) is 0 Å². The van der Waals surface area contributed by atoms with Gasteiger partial charge >= 0.3 is 6.09 Å². The fourth-order valence-electron chi connectivity index (χ4n) is 8.41. The number of aliphatic hydroxyl groups is 1. The van der Waals surface area contributed by atoms with Gasteiger partial charge in [0.2, 0.25) is 5.91 Å². The molecule has 1 saturated heterocycles. The molecular formula is C44H57BrN6O4. The molecule has 2 amide bonds. The molecule has 0 aromatic carbocycles. The van der Waals surface area contributed by atoms with Crippen LogP contribution in [-0.2, 0) is 9.53 Å². The summed E-state index contributed by atoms with van der Waals surface area (Å²) >= 11 is 4.01. The van der Waals surface area contributed by atoms with E-state index in [9.17, 15) is 14.7 Å². The van der Waals surface area contributed by atoms with E-state index in [1.54, 1.807) is 0 Å². The van der Waals surface area contributed by atoms with Crippen LogP contribution in [0.4, 0.5) is 4.79 Å². The first-order valence-corrected chi connectivity index (χ1v) is 20.8. The van der Waals surface area contributed by atoms with Crippen LogP contribution in [0.15, 0.2) is 105 Å². The lowest BCUT2D eigenvalue weighted by Gasteiger charge is -2.19. The molecule has 10 nitrogen and oxygen atoms in total. The Kier molecular flexibility index (Phi) is 12.1. The summed E-state index contributed by atoms with van der Waals surface area (Å²) in [6, 6.07) is 0. The van der Waals surface area contributed by atoms with Crippen LogP contribution in [0.2, 0.25) is 0 Å². The lowest BCUT2D eigenvalue weighted by atomic mass is 9.86. The molecule has 0 aromatic rings. The van der Waals surface area contributed by atoms with Gasteiger partial charge in [-0.3, -0.25) is 4.79 Å². The number of nitrogens with one attached hydrogen (secondary N) is 3. The van der Waals surface area contributed by atoms with Gasteiger partial charge in [-0.2, -0.15) is 0 Å². The molecule has 6 rings (SSSR count). The van der Waals surface area contributed by atoms with Crippen molar-refractivity contribution in [1.82, 2.24) is 16.0 Å². The summed E-state index contributed by atoms with van der Waals surface area (Å²) in [5.41, 5.74) is 14.3. The predicted octanol–water partition coefficient (Wildman–Crippen LogP) is 9.77. The molecule has 2 atom stereocenters. The topological polar surface area (TPSA) is 137 Å². The van der Waals surface area contributed by atoms with Crippen molar-refractivity contribution in [2.24, 2.45) is 26.8 Å². The molecule has 0 saturated carbocycles. The lowest BCUT2D eigenvalue weighted by molar-refractivity contribution is -0.121. The highest BCUT2D eigenvalue weighted by Crippen LogP contribution is 2.48. The SMILES string of the molecule is CCC1=C(C)C2=NC1=CC1=C(C)C3=C(O)CC(=C4NC(=C(Br)C5=NC(=C2)C(CC)=C5C)[C@@H](C)[C@@H]4CCC(=O)NCCCCCCNC(=O)OC(C)(C)C)C3=N1. The van der Waals surface area contributed by atoms with Crippen molar-refractivity contribution in [3.63, 3.8) is 0 Å². The first-order chi connectivity index (χ1) is 26.1. The van der Waals surface area contributed by atoms with Crippen LogP contribution >= 0.6 is 15.9 Å². The molecule has 0 radical (unpaired) electrons. The van der Waals surface area contributed by atoms with Crippen molar-refractivity contribution in [3.05, 3.63) is 89.9 Å². The molecule has 1 aliphatic carbocycles. The highest BCUT2D eigenvalue weighted by Gasteiger charge is 2.42. The summed E-state index contributed by atoms with van der Waals surface area (Å²) in [5.74, 6) is 0.404. The highest BCUT2D eigenvalue weighted by molar-refractivity contribution is 9.12. The van der Waals surface area contributed by atoms with E-state index in [1.165, 1.54) is 11.1 Å². The largest absolute Gasteiger partial charge is 0.511 e. The third-order valence-electron chi connectivity index (χ3n) is 11.4. The molecule has 4 N–H and O–H groups in total. The van der Waals surface area contributed by atoms with Crippen molar-refractivity contribution in [2.75, 3.05) is 13.1 Å². The molecular weight excluding hydrogens is 756 g/mol. The summed E-state index contributed by atoms with van der Waals surface area (Å²) in [7, 11) is 0. The Morgan fingerprint density at radius 1 is 0.891 bits per heavy atom. The van der Waals surface area contributed by atoms with Gasteiger partial charge in [0.05, 0.1) is 38.7 Å². The van der Waals surface area contributed by atoms with Gasteiger partial charge < -0.3 is 25.8 Å². The van der Waals surface area contributed by atoms with E-state index in [-0.39, 0.29) is 23.8 Å². The Balaban J connectivity index is 1.23. The zero-order valence-electron chi connectivity index (χ0n) is 34.0. The van der Waals surface area contributed by atoms with Crippen molar-refractivity contribution in [2.45, 2.75) is 126 Å². The Morgan fingerprint density at radius 3 is 2.22 bits per heavy atom. The normalized spacial score (nSPS) is 22.0. The van der Waals surface area contributed by atoms with E-state index in [0.29, 0.717) is 38.1 Å². The summed E-state index contributed by atoms with van der Waals surface area (Å²) in [6.07, 6.45) is 10.6. The second kappa shape index (κ2) is 16.5. The molecule has 11 heteroatoms. The minimum absolute atomic E-state index is 0.000176. The van der Waals surface area contributed by atoms with E-state index < -0.39 is 5.60 Å². The Morgan fingerprint density at radius 2 is 1.55 bits per heavy atom. The summed E-state index contributed by atoms with van der Waals surface area (Å²) in [4.78, 5) is 40.6. The van der Waals surface area contributed by atoms with E-state index >= 15 is 0 Å². The van der Waals surface area contributed by atoms with Crippen LogP contribution in [0.25, 0.3) is 0 Å². The lowest BCUT2D eigenvalue weighted by Crippen LogP contribution is -2.33. The number of carbonyl (C=O) groups excluding carboxylic acids is 2. The van der Waals surface area contributed by atoms with Gasteiger partial charge in [0.15, 0.2) is 0 Å². The van der Waals surface area contributed by atoms with E-state index in [2.05, 4.69) is 78.7 Å². The summed E-state index contributed by atoms with van der Waals surface area (Å²) in [5, 5.41) is 21.2. The summed E-state index contributed by atoms with van der Waals surface area (Å²) < 4.78 is 6.20. The van der Waals surface area contributed by atoms with E-state index in [1.807, 2.05) is 27.7 Å². The predicted molar refractivity (Wildman–Crippen MR) is 225 cm³/mol. The van der Waals surface area contributed by atoms with Gasteiger partial charge in [0.1, 0.15) is 11.4 Å². The maximum Gasteiger partial charge on any atom is 0.407 e. The number of fused-ring (bicyclic) bond motifs is 5. The summed E-state index contributed by atoms with van der Waals surface area (Å²) in [6.45, 7) is 19.6. The monoisotopic (exact) mass is 812 g/mol. The number of rotatable bonds is 12. The van der Waals surface area contributed by atoms with Crippen molar-refractivity contribution in [3.8, 4) is 0 Å². The molecule has 8 bridgehead atoms. The van der Waals surface area contributed by atoms with E-state index in [4.69, 9.17) is 19.7 Å². The number of hydrogen-bond donors (Lipinski definition) is 4. The number of alkyl carbamates (subject to hydrolysis) is 1. The number of aliphatic hydroxyl groups excluding tert-OH is 1. The van der Waals surface area contributed by atoms with Gasteiger partial charge in [-0.05, 0) is 130 Å². The number of hydrogen-bond acceptors (Lipinski definition) is 8. The molecule has 0 aromatic heterocycles. The minimum atomic E-state index is -0.507. The van der Waals surface area contributed by atoms with Crippen LogP contribution in [0.1, 0.15) is 120 Å². The average Bonchev–Trinajstić information content (AvgIpc) is 3.88. The number of nitrogens with zero attached hydrogens (tertiary/aromatic N) is 3. The van der Waals surface area contributed by atoms with Gasteiger partial charge in [0.25, 0.3) is 0 Å². The zero-order valence-corrected chi connectivity index (χ0v) is 35.6. The third kappa shape index (κ3) is 8.32. The van der Waals surface area contributed by atoms with Crippen LogP contribution in [0.3, 0.4) is 0 Å². The molecule has 0 unspecified atom stereocenters.